The minimum absolute atomic E-state index is 0.114. The number of esters is 1. The van der Waals surface area contributed by atoms with E-state index in [9.17, 15) is 4.79 Å². The molecule has 0 aliphatic heterocycles. The largest absolute Gasteiger partial charge is 0.460 e. The molecule has 0 fully saturated rings. The highest BCUT2D eigenvalue weighted by molar-refractivity contribution is 5.81. The molecule has 0 N–H and O–H groups in total. The highest BCUT2D eigenvalue weighted by Gasteiger charge is 2.20. The molecule has 0 bridgehead atoms. The van der Waals surface area contributed by atoms with Crippen molar-refractivity contribution in [3.05, 3.63) is 12.7 Å². The molecule has 0 aliphatic rings. The smallest absolute Gasteiger partial charge is 0.330 e. The number of carbonyl (C=O) groups excluding carboxylic acids is 1. The summed E-state index contributed by atoms with van der Waals surface area (Å²) >= 11 is 0. The van der Waals surface area contributed by atoms with Crippen LogP contribution in [0, 0.1) is 5.41 Å². The van der Waals surface area contributed by atoms with Crippen LogP contribution in [-0.2, 0) is 14.3 Å². The van der Waals surface area contributed by atoms with Crippen molar-refractivity contribution in [3.8, 4) is 0 Å². The molecule has 0 radical (unpaired) electrons. The zero-order chi connectivity index (χ0) is 11.2. The lowest BCUT2D eigenvalue weighted by Gasteiger charge is -2.27. The van der Waals surface area contributed by atoms with Gasteiger partial charge in [0.2, 0.25) is 0 Å². The van der Waals surface area contributed by atoms with Gasteiger partial charge < -0.3 is 9.47 Å². The second-order valence-corrected chi connectivity index (χ2v) is 4.25. The van der Waals surface area contributed by atoms with E-state index in [4.69, 9.17) is 9.47 Å². The van der Waals surface area contributed by atoms with Gasteiger partial charge in [-0.15, -0.1) is 0 Å². The molecule has 1 atom stereocenters. The highest BCUT2D eigenvalue weighted by atomic mass is 16.6. The molecule has 0 amide bonds. The second-order valence-electron chi connectivity index (χ2n) is 4.25. The number of ether oxygens (including phenoxy) is 2. The van der Waals surface area contributed by atoms with Gasteiger partial charge >= 0.3 is 5.97 Å². The van der Waals surface area contributed by atoms with Crippen LogP contribution < -0.4 is 0 Å². The first-order chi connectivity index (χ1) is 6.38. The molecule has 0 aromatic heterocycles. The average molecular weight is 200 g/mol. The summed E-state index contributed by atoms with van der Waals surface area (Å²) in [5, 5.41) is 0. The van der Waals surface area contributed by atoms with E-state index in [0.29, 0.717) is 6.61 Å². The van der Waals surface area contributed by atoms with E-state index in [-0.39, 0.29) is 18.1 Å². The van der Waals surface area contributed by atoms with E-state index in [2.05, 4.69) is 27.4 Å². The molecule has 0 saturated heterocycles. The van der Waals surface area contributed by atoms with Crippen molar-refractivity contribution in [1.82, 2.24) is 0 Å². The van der Waals surface area contributed by atoms with Crippen molar-refractivity contribution in [1.29, 1.82) is 0 Å². The Morgan fingerprint density at radius 2 is 2.00 bits per heavy atom. The van der Waals surface area contributed by atoms with Gasteiger partial charge in [-0.25, -0.2) is 4.79 Å². The Morgan fingerprint density at radius 1 is 1.43 bits per heavy atom. The fourth-order valence-electron chi connectivity index (χ4n) is 0.676. The Kier molecular flexibility index (Phi) is 5.46. The van der Waals surface area contributed by atoms with Crippen LogP contribution in [0.25, 0.3) is 0 Å². The summed E-state index contributed by atoms with van der Waals surface area (Å²) in [6.45, 7) is 12.3. The summed E-state index contributed by atoms with van der Waals surface area (Å²) in [4.78, 5) is 10.7. The van der Waals surface area contributed by atoms with Crippen molar-refractivity contribution in [2.24, 2.45) is 5.41 Å². The zero-order valence-electron chi connectivity index (χ0n) is 9.50. The summed E-state index contributed by atoms with van der Waals surface area (Å²) in [5.41, 5.74) is 0.114. The van der Waals surface area contributed by atoms with Crippen molar-refractivity contribution in [2.75, 3.05) is 13.2 Å². The van der Waals surface area contributed by atoms with Gasteiger partial charge in [0.1, 0.15) is 6.61 Å². The molecule has 0 spiro atoms. The lowest BCUT2D eigenvalue weighted by Crippen LogP contribution is -2.27. The van der Waals surface area contributed by atoms with Crippen molar-refractivity contribution in [3.63, 3.8) is 0 Å². The first-order valence-electron chi connectivity index (χ1n) is 4.78. The maximum Gasteiger partial charge on any atom is 0.330 e. The molecule has 0 aromatic rings. The predicted octanol–water partition coefficient (Wildman–Crippen LogP) is 2.17. The Balaban J connectivity index is 3.55. The molecule has 0 heterocycles. The van der Waals surface area contributed by atoms with Crippen molar-refractivity contribution in [2.45, 2.75) is 33.8 Å². The van der Waals surface area contributed by atoms with Gasteiger partial charge in [0.05, 0.1) is 12.7 Å². The first kappa shape index (κ1) is 13.2. The molecule has 0 saturated carbocycles. The third-order valence-electron chi connectivity index (χ3n) is 2.08. The summed E-state index contributed by atoms with van der Waals surface area (Å²) in [7, 11) is 0. The fraction of sp³-hybridized carbons (Fsp3) is 0.727. The highest BCUT2D eigenvalue weighted by Crippen LogP contribution is 2.21. The minimum Gasteiger partial charge on any atom is -0.460 e. The molecular weight excluding hydrogens is 180 g/mol. The van der Waals surface area contributed by atoms with Gasteiger partial charge in [0, 0.05) is 6.08 Å². The monoisotopic (exact) mass is 200 g/mol. The van der Waals surface area contributed by atoms with Gasteiger partial charge in [-0.1, -0.05) is 27.4 Å². The molecule has 14 heavy (non-hydrogen) atoms. The molecule has 0 aromatic carbocycles. The summed E-state index contributed by atoms with van der Waals surface area (Å²) in [6.07, 6.45) is 1.29. The summed E-state index contributed by atoms with van der Waals surface area (Å²) < 4.78 is 10.3. The maximum absolute atomic E-state index is 10.7. The average Bonchev–Trinajstić information content (AvgIpc) is 2.09. The summed E-state index contributed by atoms with van der Waals surface area (Å²) in [5.74, 6) is -0.406. The second kappa shape index (κ2) is 5.81. The van der Waals surface area contributed by atoms with Crippen LogP contribution >= 0.6 is 0 Å². The Morgan fingerprint density at radius 3 is 2.43 bits per heavy atom. The van der Waals surface area contributed by atoms with Crippen LogP contribution in [0.1, 0.15) is 27.7 Å². The van der Waals surface area contributed by atoms with Gasteiger partial charge in [-0.2, -0.15) is 0 Å². The standard InChI is InChI=1S/C11H20O3/c1-6-10(12)14-8-7-13-9(2)11(3,4)5/h6,9H,1,7-8H2,2-5H3. The number of carbonyl (C=O) groups is 1. The number of hydrogen-bond donors (Lipinski definition) is 0. The van der Waals surface area contributed by atoms with Crippen LogP contribution in [0.15, 0.2) is 12.7 Å². The molecule has 3 heteroatoms. The van der Waals surface area contributed by atoms with E-state index in [0.717, 1.165) is 6.08 Å². The normalized spacial score (nSPS) is 13.4. The Bertz CT molecular complexity index is 191. The van der Waals surface area contributed by atoms with Gasteiger partial charge in [0.25, 0.3) is 0 Å². The van der Waals surface area contributed by atoms with Gasteiger partial charge in [0.15, 0.2) is 0 Å². The van der Waals surface area contributed by atoms with Crippen LogP contribution in [0.3, 0.4) is 0 Å². The van der Waals surface area contributed by atoms with E-state index >= 15 is 0 Å². The van der Waals surface area contributed by atoms with E-state index < -0.39 is 5.97 Å². The molecule has 82 valence electrons. The summed E-state index contributed by atoms with van der Waals surface area (Å²) in [6, 6.07) is 0. The quantitative estimate of drug-likeness (QED) is 0.387. The zero-order valence-corrected chi connectivity index (χ0v) is 9.50. The van der Waals surface area contributed by atoms with E-state index in [1.54, 1.807) is 0 Å². The van der Waals surface area contributed by atoms with E-state index in [1.807, 2.05) is 6.92 Å². The fourth-order valence-corrected chi connectivity index (χ4v) is 0.676. The Hall–Kier alpha value is -0.830. The molecule has 1 unspecified atom stereocenters. The first-order valence-corrected chi connectivity index (χ1v) is 4.78. The van der Waals surface area contributed by atoms with Crippen LogP contribution in [0.5, 0.6) is 0 Å². The van der Waals surface area contributed by atoms with Crippen molar-refractivity contribution < 1.29 is 14.3 Å². The van der Waals surface area contributed by atoms with Crippen LogP contribution in [-0.4, -0.2) is 25.3 Å². The number of hydrogen-bond acceptors (Lipinski definition) is 3. The molecule has 0 rings (SSSR count). The molecule has 3 nitrogen and oxygen atoms in total. The third kappa shape index (κ3) is 5.75. The minimum atomic E-state index is -0.406. The SMILES string of the molecule is C=CC(=O)OCCOC(C)C(C)(C)C. The van der Waals surface area contributed by atoms with Gasteiger partial charge in [-0.05, 0) is 12.3 Å². The Labute approximate surface area is 86.1 Å². The third-order valence-corrected chi connectivity index (χ3v) is 2.08. The van der Waals surface area contributed by atoms with E-state index in [1.165, 1.54) is 0 Å². The maximum atomic E-state index is 10.7. The van der Waals surface area contributed by atoms with Crippen LogP contribution in [0.4, 0.5) is 0 Å². The molecular formula is C11H20O3. The topological polar surface area (TPSA) is 35.5 Å². The molecule has 0 aliphatic carbocycles. The van der Waals surface area contributed by atoms with Gasteiger partial charge in [-0.3, -0.25) is 0 Å². The lowest BCUT2D eigenvalue weighted by atomic mass is 9.90. The van der Waals surface area contributed by atoms with Crippen molar-refractivity contribution >= 4 is 5.97 Å². The van der Waals surface area contributed by atoms with Crippen LogP contribution in [0.2, 0.25) is 0 Å². The lowest BCUT2D eigenvalue weighted by molar-refractivity contribution is -0.140. The predicted molar refractivity (Wildman–Crippen MR) is 56.0 cm³/mol. The number of rotatable bonds is 5.